The number of nitrogens with two attached hydrogens (primary N) is 1. The highest BCUT2D eigenvalue weighted by atomic mass is 79.9. The molecule has 8 heteroatoms. The van der Waals surface area contributed by atoms with Gasteiger partial charge in [-0.25, -0.2) is 4.98 Å². The Morgan fingerprint density at radius 3 is 2.37 bits per heavy atom. The molecule has 2 aromatic rings. The molecule has 0 radical (unpaired) electrons. The molecule has 1 heterocycles. The Hall–Kier alpha value is -1.05. The third-order valence-corrected chi connectivity index (χ3v) is 3.54. The zero-order valence-corrected chi connectivity index (χ0v) is 13.6. The fraction of sp³-hybridized carbons (Fsp3) is 0.0909. The molecule has 0 saturated carbocycles. The maximum Gasteiger partial charge on any atom is 0.225 e. The average Bonchev–Trinajstić information content (AvgIpc) is 2.32. The summed E-state index contributed by atoms with van der Waals surface area (Å²) in [7, 11) is 1.58. The summed E-state index contributed by atoms with van der Waals surface area (Å²) >= 11 is 12.5. The van der Waals surface area contributed by atoms with Gasteiger partial charge in [0.1, 0.15) is 16.7 Å². The quantitative estimate of drug-likeness (QED) is 0.775. The van der Waals surface area contributed by atoms with Gasteiger partial charge in [-0.3, -0.25) is 0 Å². The van der Waals surface area contributed by atoms with Crippen molar-refractivity contribution in [1.29, 1.82) is 0 Å². The predicted octanol–water partition coefficient (Wildman–Crippen LogP) is 4.04. The van der Waals surface area contributed by atoms with Crippen LogP contribution in [-0.2, 0) is 0 Å². The van der Waals surface area contributed by atoms with Crippen LogP contribution < -0.4 is 15.2 Å². The van der Waals surface area contributed by atoms with Crippen molar-refractivity contribution in [3.05, 3.63) is 32.3 Å². The van der Waals surface area contributed by atoms with E-state index in [2.05, 4.69) is 41.8 Å². The predicted molar refractivity (Wildman–Crippen MR) is 79.9 cm³/mol. The average molecular weight is 409 g/mol. The van der Waals surface area contributed by atoms with Gasteiger partial charge in [-0.1, -0.05) is 11.6 Å². The van der Waals surface area contributed by atoms with E-state index in [9.17, 15) is 0 Å². The standard InChI is InChI=1S/C11H8Br2ClN3O2/c1-18-7-2-6(13)8(3-5(7)12)19-10-4-9(14)16-11(15)17-10/h2-4H,1H3,(H2,15,16,17). The molecule has 0 unspecified atom stereocenters. The molecule has 0 aliphatic rings. The summed E-state index contributed by atoms with van der Waals surface area (Å²) in [6.45, 7) is 0. The number of halogens is 3. The second-order valence-corrected chi connectivity index (χ2v) is 5.50. The summed E-state index contributed by atoms with van der Waals surface area (Å²) in [5.41, 5.74) is 5.50. The van der Waals surface area contributed by atoms with Crippen molar-refractivity contribution in [2.24, 2.45) is 0 Å². The smallest absolute Gasteiger partial charge is 0.225 e. The lowest BCUT2D eigenvalue weighted by Gasteiger charge is -2.10. The van der Waals surface area contributed by atoms with Crippen LogP contribution >= 0.6 is 43.5 Å². The van der Waals surface area contributed by atoms with Crippen LogP contribution in [0.25, 0.3) is 0 Å². The van der Waals surface area contributed by atoms with Gasteiger partial charge in [-0.2, -0.15) is 4.98 Å². The second-order valence-electron chi connectivity index (χ2n) is 3.41. The van der Waals surface area contributed by atoms with Gasteiger partial charge in [0.05, 0.1) is 16.1 Å². The van der Waals surface area contributed by atoms with Crippen LogP contribution in [0.15, 0.2) is 27.1 Å². The van der Waals surface area contributed by atoms with Crippen LogP contribution in [-0.4, -0.2) is 17.1 Å². The Kier molecular flexibility index (Phi) is 4.49. The molecule has 0 amide bonds. The fourth-order valence-electron chi connectivity index (χ4n) is 1.32. The number of hydrogen-bond donors (Lipinski definition) is 1. The Labute approximate surface area is 131 Å². The van der Waals surface area contributed by atoms with E-state index in [0.29, 0.717) is 16.0 Å². The molecule has 1 aromatic carbocycles. The number of ether oxygens (including phenoxy) is 2. The SMILES string of the molecule is COc1cc(Br)c(Oc2cc(Cl)nc(N)n2)cc1Br. The molecule has 0 aliphatic carbocycles. The summed E-state index contributed by atoms with van der Waals surface area (Å²) in [6.07, 6.45) is 0. The van der Waals surface area contributed by atoms with Crippen LogP contribution in [0.5, 0.6) is 17.4 Å². The van der Waals surface area contributed by atoms with Gasteiger partial charge in [0.25, 0.3) is 0 Å². The van der Waals surface area contributed by atoms with Crippen LogP contribution in [0.4, 0.5) is 5.95 Å². The number of nitrogens with zero attached hydrogens (tertiary/aromatic N) is 2. The highest BCUT2D eigenvalue weighted by Gasteiger charge is 2.11. The van der Waals surface area contributed by atoms with E-state index in [1.54, 1.807) is 19.2 Å². The van der Waals surface area contributed by atoms with E-state index in [-0.39, 0.29) is 17.0 Å². The molecule has 0 saturated heterocycles. The lowest BCUT2D eigenvalue weighted by atomic mass is 10.3. The highest BCUT2D eigenvalue weighted by molar-refractivity contribution is 9.11. The van der Waals surface area contributed by atoms with E-state index in [1.807, 2.05) is 0 Å². The maximum absolute atomic E-state index is 5.78. The molecule has 0 spiro atoms. The van der Waals surface area contributed by atoms with Gasteiger partial charge in [0, 0.05) is 6.07 Å². The van der Waals surface area contributed by atoms with Crippen molar-refractivity contribution >= 4 is 49.4 Å². The third kappa shape index (κ3) is 3.49. The summed E-state index contributed by atoms with van der Waals surface area (Å²) < 4.78 is 12.2. The molecule has 0 bridgehead atoms. The van der Waals surface area contributed by atoms with Crippen LogP contribution in [0.1, 0.15) is 0 Å². The minimum Gasteiger partial charge on any atom is -0.496 e. The normalized spacial score (nSPS) is 10.3. The second kappa shape index (κ2) is 5.94. The molecule has 2 rings (SSSR count). The number of rotatable bonds is 3. The Bertz CT molecular complexity index is 605. The van der Waals surface area contributed by atoms with Crippen molar-refractivity contribution < 1.29 is 9.47 Å². The number of anilines is 1. The molecule has 100 valence electrons. The molecule has 1 aromatic heterocycles. The first-order valence-corrected chi connectivity index (χ1v) is 6.97. The third-order valence-electron chi connectivity index (χ3n) is 2.11. The molecular weight excluding hydrogens is 401 g/mol. The van der Waals surface area contributed by atoms with Gasteiger partial charge < -0.3 is 15.2 Å². The zero-order chi connectivity index (χ0) is 14.0. The number of hydrogen-bond acceptors (Lipinski definition) is 5. The van der Waals surface area contributed by atoms with E-state index < -0.39 is 0 Å². The molecule has 2 N–H and O–H groups in total. The zero-order valence-electron chi connectivity index (χ0n) is 9.65. The van der Waals surface area contributed by atoms with Gasteiger partial charge >= 0.3 is 0 Å². The number of aromatic nitrogens is 2. The van der Waals surface area contributed by atoms with Crippen molar-refractivity contribution in [3.63, 3.8) is 0 Å². The Morgan fingerprint density at radius 1 is 1.11 bits per heavy atom. The maximum atomic E-state index is 5.78. The van der Waals surface area contributed by atoms with Crippen molar-refractivity contribution in [2.75, 3.05) is 12.8 Å². The van der Waals surface area contributed by atoms with E-state index in [4.69, 9.17) is 26.8 Å². The highest BCUT2D eigenvalue weighted by Crippen LogP contribution is 2.38. The van der Waals surface area contributed by atoms with Gasteiger partial charge in [0.2, 0.25) is 11.8 Å². The minimum atomic E-state index is 0.0474. The largest absolute Gasteiger partial charge is 0.496 e. The molecule has 0 aliphatic heterocycles. The lowest BCUT2D eigenvalue weighted by Crippen LogP contribution is -1.97. The van der Waals surface area contributed by atoms with Gasteiger partial charge in [-0.05, 0) is 44.0 Å². The first-order valence-electron chi connectivity index (χ1n) is 5.00. The topological polar surface area (TPSA) is 70.3 Å². The summed E-state index contributed by atoms with van der Waals surface area (Å²) in [6, 6.07) is 4.99. The van der Waals surface area contributed by atoms with Gasteiger partial charge in [-0.15, -0.1) is 0 Å². The Balaban J connectivity index is 2.35. The van der Waals surface area contributed by atoms with E-state index in [0.717, 1.165) is 4.47 Å². The fourth-order valence-corrected chi connectivity index (χ4v) is 2.39. The van der Waals surface area contributed by atoms with Crippen molar-refractivity contribution in [2.45, 2.75) is 0 Å². The summed E-state index contributed by atoms with van der Waals surface area (Å²) in [5.74, 6) is 1.53. The first kappa shape index (κ1) is 14.4. The van der Waals surface area contributed by atoms with Gasteiger partial charge in [0.15, 0.2) is 0 Å². The van der Waals surface area contributed by atoms with Crippen LogP contribution in [0, 0.1) is 0 Å². The first-order chi connectivity index (χ1) is 8.99. The van der Waals surface area contributed by atoms with Crippen LogP contribution in [0.3, 0.4) is 0 Å². The lowest BCUT2D eigenvalue weighted by molar-refractivity contribution is 0.408. The number of methoxy groups -OCH3 is 1. The molecule has 19 heavy (non-hydrogen) atoms. The Morgan fingerprint density at radius 2 is 1.74 bits per heavy atom. The van der Waals surface area contributed by atoms with Crippen molar-refractivity contribution in [1.82, 2.24) is 9.97 Å². The summed E-state index contributed by atoms with van der Waals surface area (Å²) in [4.78, 5) is 7.69. The van der Waals surface area contributed by atoms with E-state index in [1.165, 1.54) is 6.07 Å². The minimum absolute atomic E-state index is 0.0474. The number of benzene rings is 1. The molecular formula is C11H8Br2ClN3O2. The molecule has 5 nitrogen and oxygen atoms in total. The number of nitrogen functional groups attached to an aromatic ring is 1. The molecule has 0 atom stereocenters. The molecule has 0 fully saturated rings. The summed E-state index contributed by atoms with van der Waals surface area (Å²) in [5, 5.41) is 0.214. The monoisotopic (exact) mass is 407 g/mol. The van der Waals surface area contributed by atoms with E-state index >= 15 is 0 Å². The van der Waals surface area contributed by atoms with Crippen LogP contribution in [0.2, 0.25) is 5.15 Å². The van der Waals surface area contributed by atoms with Crippen molar-refractivity contribution in [3.8, 4) is 17.4 Å².